The van der Waals surface area contributed by atoms with E-state index in [4.69, 9.17) is 18.9 Å². The highest BCUT2D eigenvalue weighted by atomic mass is 16.7. The first-order valence-corrected chi connectivity index (χ1v) is 10.7. The zero-order valence-electron chi connectivity index (χ0n) is 17.0. The van der Waals surface area contributed by atoms with E-state index in [0.29, 0.717) is 17.6 Å². The molecular formula is C22H27NO6. The molecule has 5 fully saturated rings. The van der Waals surface area contributed by atoms with Gasteiger partial charge in [-0.3, -0.25) is 4.90 Å². The maximum Gasteiger partial charge on any atom is 0.345 e. The lowest BCUT2D eigenvalue weighted by Gasteiger charge is -2.47. The minimum absolute atomic E-state index is 0.0290. The fourth-order valence-corrected chi connectivity index (χ4v) is 7.28. The Morgan fingerprint density at radius 3 is 2.97 bits per heavy atom. The third-order valence-electron chi connectivity index (χ3n) is 8.13. The Hall–Kier alpha value is -1.83. The summed E-state index contributed by atoms with van der Waals surface area (Å²) in [6.07, 6.45) is 7.85. The molecular weight excluding hydrogens is 374 g/mol. The molecule has 0 amide bonds. The third kappa shape index (κ3) is 1.80. The van der Waals surface area contributed by atoms with Gasteiger partial charge in [0.05, 0.1) is 37.2 Å². The zero-order valence-corrected chi connectivity index (χ0v) is 17.0. The summed E-state index contributed by atoms with van der Waals surface area (Å²) in [6.45, 7) is 4.94. The number of allylic oxidation sites excluding steroid dienone is 2. The fraction of sp³-hybridized carbons (Fsp3) is 0.682. The second-order valence-electron chi connectivity index (χ2n) is 9.03. The number of hydrogen-bond donors (Lipinski definition) is 1. The summed E-state index contributed by atoms with van der Waals surface area (Å²) >= 11 is 0. The van der Waals surface area contributed by atoms with Crippen molar-refractivity contribution < 1.29 is 28.8 Å². The van der Waals surface area contributed by atoms with Crippen LogP contribution in [0.15, 0.2) is 35.0 Å². The Bertz CT molecular complexity index is 892. The van der Waals surface area contributed by atoms with Crippen molar-refractivity contribution in [2.75, 3.05) is 20.3 Å². The molecule has 7 heteroatoms. The van der Waals surface area contributed by atoms with Crippen molar-refractivity contribution in [2.45, 2.75) is 56.6 Å². The number of hydrogen-bond acceptors (Lipinski definition) is 7. The van der Waals surface area contributed by atoms with Crippen LogP contribution in [0.3, 0.4) is 0 Å². The second-order valence-corrected chi connectivity index (χ2v) is 9.03. The minimum Gasteiger partial charge on any atom is -0.492 e. The summed E-state index contributed by atoms with van der Waals surface area (Å²) in [5.41, 5.74) is 0.0693. The van der Waals surface area contributed by atoms with Gasteiger partial charge in [-0.05, 0) is 19.3 Å². The highest BCUT2D eigenvalue weighted by Gasteiger charge is 2.83. The van der Waals surface area contributed by atoms with Crippen LogP contribution in [-0.2, 0) is 23.7 Å². The first-order valence-electron chi connectivity index (χ1n) is 10.7. The molecule has 1 spiro atoms. The van der Waals surface area contributed by atoms with Crippen molar-refractivity contribution >= 4 is 5.97 Å². The summed E-state index contributed by atoms with van der Waals surface area (Å²) in [5, 5.41) is 9.58. The summed E-state index contributed by atoms with van der Waals surface area (Å²) in [6, 6.07) is 0.395. The van der Waals surface area contributed by atoms with E-state index in [9.17, 15) is 9.90 Å². The smallest absolute Gasteiger partial charge is 0.345 e. The summed E-state index contributed by atoms with van der Waals surface area (Å²) in [4.78, 5) is 14.9. The number of piperidine rings is 1. The molecule has 1 N–H and O–H groups in total. The van der Waals surface area contributed by atoms with Crippen LogP contribution in [0.5, 0.6) is 0 Å². The monoisotopic (exact) mass is 401 g/mol. The van der Waals surface area contributed by atoms with E-state index in [2.05, 4.69) is 30.9 Å². The quantitative estimate of drug-likeness (QED) is 0.569. The topological polar surface area (TPSA) is 77.5 Å². The highest BCUT2D eigenvalue weighted by molar-refractivity contribution is 5.94. The lowest BCUT2D eigenvalue weighted by Crippen LogP contribution is -2.60. The number of esters is 1. The number of aliphatic hydroxyl groups excluding tert-OH is 1. The molecule has 5 bridgehead atoms. The molecule has 0 saturated carbocycles. The van der Waals surface area contributed by atoms with E-state index < -0.39 is 18.4 Å². The summed E-state index contributed by atoms with van der Waals surface area (Å²) in [5.74, 6) is 0.448. The number of nitrogens with zero attached hydrogens (tertiary/aromatic N) is 1. The van der Waals surface area contributed by atoms with E-state index in [0.717, 1.165) is 25.8 Å². The predicted molar refractivity (Wildman–Crippen MR) is 101 cm³/mol. The summed E-state index contributed by atoms with van der Waals surface area (Å²) < 4.78 is 24.3. The Labute approximate surface area is 169 Å². The van der Waals surface area contributed by atoms with E-state index >= 15 is 0 Å². The van der Waals surface area contributed by atoms with Crippen LogP contribution in [0, 0.1) is 17.8 Å². The molecule has 156 valence electrons. The molecule has 6 rings (SSSR count). The van der Waals surface area contributed by atoms with E-state index in [1.807, 2.05) is 0 Å². The normalized spacial score (nSPS) is 51.4. The van der Waals surface area contributed by atoms with Crippen LogP contribution in [0.1, 0.15) is 33.1 Å². The molecule has 6 heterocycles. The Kier molecular flexibility index (Phi) is 3.50. The SMILES string of the molecule is CC/C=C/C12C3CC4C5C(C)/C(=C6\OC(=O)C(CO)=C6OC)OC5(O3)C1CCN42. The second kappa shape index (κ2) is 5.65. The van der Waals surface area contributed by atoms with E-state index in [-0.39, 0.29) is 40.7 Å². The van der Waals surface area contributed by atoms with Crippen molar-refractivity contribution in [3.05, 3.63) is 35.0 Å². The largest absolute Gasteiger partial charge is 0.492 e. The van der Waals surface area contributed by atoms with Crippen molar-refractivity contribution in [1.82, 2.24) is 4.90 Å². The summed E-state index contributed by atoms with van der Waals surface area (Å²) in [7, 11) is 1.48. The molecule has 8 atom stereocenters. The number of fused-ring (bicyclic) bond motifs is 1. The van der Waals surface area contributed by atoms with Gasteiger partial charge in [-0.15, -0.1) is 0 Å². The van der Waals surface area contributed by atoms with Gasteiger partial charge in [0.2, 0.25) is 11.5 Å². The standard InChI is InChI=1S/C22H27NO6/c1-4-5-7-21-14-6-8-23(21)13-9-15(21)28-22(14)16(13)11(2)17(29-22)19-18(26-3)12(10-24)20(25)27-19/h5,7,11,13-16,24H,4,6,8-10H2,1-3H3/b7-5+,19-17+. The number of aliphatic hydroxyl groups is 1. The van der Waals surface area contributed by atoms with E-state index in [1.54, 1.807) is 0 Å². The molecule has 0 aromatic heterocycles. The number of rotatable bonds is 4. The van der Waals surface area contributed by atoms with Crippen LogP contribution < -0.4 is 0 Å². The van der Waals surface area contributed by atoms with Gasteiger partial charge in [0.25, 0.3) is 0 Å². The lowest BCUT2D eigenvalue weighted by molar-refractivity contribution is -0.255. The van der Waals surface area contributed by atoms with Crippen molar-refractivity contribution in [1.29, 1.82) is 0 Å². The zero-order chi connectivity index (χ0) is 20.1. The molecule has 0 aliphatic carbocycles. The Morgan fingerprint density at radius 1 is 1.41 bits per heavy atom. The fourth-order valence-electron chi connectivity index (χ4n) is 7.28. The van der Waals surface area contributed by atoms with Gasteiger partial charge in [0.15, 0.2) is 5.76 Å². The van der Waals surface area contributed by atoms with Gasteiger partial charge in [0, 0.05) is 18.5 Å². The van der Waals surface area contributed by atoms with Gasteiger partial charge in [-0.25, -0.2) is 4.79 Å². The first kappa shape index (κ1) is 18.0. The average Bonchev–Trinajstić information content (AvgIpc) is 3.42. The maximum atomic E-state index is 12.2. The van der Waals surface area contributed by atoms with Gasteiger partial charge >= 0.3 is 5.97 Å². The Balaban J connectivity index is 1.48. The van der Waals surface area contributed by atoms with Crippen molar-refractivity contribution in [2.24, 2.45) is 17.8 Å². The van der Waals surface area contributed by atoms with Crippen LogP contribution in [0.4, 0.5) is 0 Å². The van der Waals surface area contributed by atoms with Gasteiger partial charge in [-0.2, -0.15) is 0 Å². The van der Waals surface area contributed by atoms with Gasteiger partial charge in [-0.1, -0.05) is 26.0 Å². The van der Waals surface area contributed by atoms with Crippen LogP contribution in [0.2, 0.25) is 0 Å². The maximum absolute atomic E-state index is 12.2. The number of cyclic esters (lactones) is 1. The van der Waals surface area contributed by atoms with E-state index in [1.165, 1.54) is 7.11 Å². The van der Waals surface area contributed by atoms with Crippen molar-refractivity contribution in [3.8, 4) is 0 Å². The molecule has 0 aromatic rings. The number of carbonyl (C=O) groups excluding carboxylic acids is 1. The lowest BCUT2D eigenvalue weighted by atomic mass is 9.71. The minimum atomic E-state index is -0.673. The molecule has 6 aliphatic rings. The van der Waals surface area contributed by atoms with Crippen LogP contribution in [0.25, 0.3) is 0 Å². The third-order valence-corrected chi connectivity index (χ3v) is 8.13. The molecule has 29 heavy (non-hydrogen) atoms. The highest BCUT2D eigenvalue weighted by Crippen LogP contribution is 2.72. The molecule has 8 unspecified atom stereocenters. The van der Waals surface area contributed by atoms with Crippen molar-refractivity contribution in [3.63, 3.8) is 0 Å². The van der Waals surface area contributed by atoms with Crippen LogP contribution >= 0.6 is 0 Å². The molecule has 7 nitrogen and oxygen atoms in total. The average molecular weight is 401 g/mol. The first-order chi connectivity index (χ1) is 14.0. The van der Waals surface area contributed by atoms with Gasteiger partial charge in [0.1, 0.15) is 11.3 Å². The Morgan fingerprint density at radius 2 is 2.24 bits per heavy atom. The van der Waals surface area contributed by atoms with Gasteiger partial charge < -0.3 is 24.1 Å². The number of ether oxygens (including phenoxy) is 4. The molecule has 0 aromatic carbocycles. The molecule has 6 aliphatic heterocycles. The predicted octanol–water partition coefficient (Wildman–Crippen LogP) is 1.84. The number of carbonyl (C=O) groups is 1. The molecule has 5 saturated heterocycles. The number of methoxy groups -OCH3 is 1. The molecule has 0 radical (unpaired) electrons. The van der Waals surface area contributed by atoms with Crippen LogP contribution in [-0.4, -0.2) is 59.7 Å².